The summed E-state index contributed by atoms with van der Waals surface area (Å²) in [5.41, 5.74) is -1.44. The average Bonchev–Trinajstić information content (AvgIpc) is 3.17. The maximum Gasteiger partial charge on any atom is 0.329 e. The van der Waals surface area contributed by atoms with Gasteiger partial charge in [0.15, 0.2) is 0 Å². The van der Waals surface area contributed by atoms with Gasteiger partial charge in [-0.25, -0.2) is 4.79 Å². The van der Waals surface area contributed by atoms with Crippen LogP contribution in [0.3, 0.4) is 0 Å². The van der Waals surface area contributed by atoms with Crippen molar-refractivity contribution >= 4 is 17.8 Å². The summed E-state index contributed by atoms with van der Waals surface area (Å²) in [7, 11) is 0. The first-order valence-corrected chi connectivity index (χ1v) is 24.6. The summed E-state index contributed by atoms with van der Waals surface area (Å²) in [4.78, 5) is 40.7. The van der Waals surface area contributed by atoms with Crippen LogP contribution in [0, 0.1) is 0 Å². The molecular weight excluding hydrogens is 683 g/mol. The molecule has 0 aromatic carbocycles. The number of carbonyl (C=O) groups is 3. The number of hydrogen-bond donors (Lipinski definition) is 2. The molecule has 0 saturated carbocycles. The maximum atomic E-state index is 14.0. The molecule has 1 atom stereocenters. The fourth-order valence-electron chi connectivity index (χ4n) is 8.41. The first kappa shape index (κ1) is 53.4. The van der Waals surface area contributed by atoms with Crippen molar-refractivity contribution in [2.45, 2.75) is 290 Å². The van der Waals surface area contributed by atoms with Gasteiger partial charge < -0.3 is 15.1 Å². The second-order valence-electron chi connectivity index (χ2n) is 17.3. The molecule has 0 aromatic rings. The minimum absolute atomic E-state index is 0.0157. The molecule has 0 aliphatic carbocycles. The average molecular weight is 778 g/mol. The molecule has 0 aromatic heterocycles. The van der Waals surface area contributed by atoms with Gasteiger partial charge in [-0.05, 0) is 25.7 Å². The molecule has 0 aliphatic rings. The third-order valence-corrected chi connectivity index (χ3v) is 12.1. The third-order valence-electron chi connectivity index (χ3n) is 12.1. The zero-order valence-corrected chi connectivity index (χ0v) is 37.3. The van der Waals surface area contributed by atoms with Crippen LogP contribution in [0.4, 0.5) is 0 Å². The van der Waals surface area contributed by atoms with Gasteiger partial charge >= 0.3 is 11.9 Å². The summed E-state index contributed by atoms with van der Waals surface area (Å²) in [6.07, 6.45) is 45.4. The minimum Gasteiger partial charge on any atom is -0.481 e. The summed E-state index contributed by atoms with van der Waals surface area (Å²) in [5, 5.41) is 20.5. The molecule has 0 unspecified atom stereocenters. The molecule has 6 nitrogen and oxygen atoms in total. The molecule has 0 radical (unpaired) electrons. The molecule has 0 heterocycles. The number of hydrogen-bond acceptors (Lipinski definition) is 3. The van der Waals surface area contributed by atoms with Gasteiger partial charge in [0.05, 0.1) is 0 Å². The van der Waals surface area contributed by atoms with Crippen molar-refractivity contribution in [2.75, 3.05) is 6.54 Å². The quantitative estimate of drug-likeness (QED) is 0.0600. The van der Waals surface area contributed by atoms with Gasteiger partial charge in [0.25, 0.3) is 0 Å². The van der Waals surface area contributed by atoms with Gasteiger partial charge in [0.1, 0.15) is 5.54 Å². The van der Waals surface area contributed by atoms with E-state index >= 15 is 0 Å². The molecule has 0 aliphatic heterocycles. The van der Waals surface area contributed by atoms with Crippen LogP contribution in [0.2, 0.25) is 0 Å². The number of nitrogens with zero attached hydrogens (tertiary/aromatic N) is 1. The molecule has 0 saturated heterocycles. The van der Waals surface area contributed by atoms with Crippen LogP contribution in [-0.4, -0.2) is 45.0 Å². The summed E-state index contributed by atoms with van der Waals surface area (Å²) in [6.45, 7) is 7.18. The first-order chi connectivity index (χ1) is 26.9. The molecule has 2 N–H and O–H groups in total. The van der Waals surface area contributed by atoms with E-state index in [9.17, 15) is 24.6 Å². The molecule has 6 heteroatoms. The van der Waals surface area contributed by atoms with Gasteiger partial charge in [-0.15, -0.1) is 0 Å². The fraction of sp³-hybridized carbons (Fsp3) is 0.939. The monoisotopic (exact) mass is 778 g/mol. The summed E-state index contributed by atoms with van der Waals surface area (Å²) < 4.78 is 0. The van der Waals surface area contributed by atoms with Crippen LogP contribution in [0.5, 0.6) is 0 Å². The van der Waals surface area contributed by atoms with E-state index in [-0.39, 0.29) is 18.7 Å². The number of carboxylic acid groups (broad SMARTS) is 2. The summed E-state index contributed by atoms with van der Waals surface area (Å²) >= 11 is 0. The second kappa shape index (κ2) is 40.6. The highest BCUT2D eigenvalue weighted by molar-refractivity contribution is 5.87. The van der Waals surface area contributed by atoms with Gasteiger partial charge in [0.2, 0.25) is 5.91 Å². The lowest BCUT2D eigenvalue weighted by Gasteiger charge is -2.41. The molecule has 0 rings (SSSR count). The van der Waals surface area contributed by atoms with Crippen LogP contribution >= 0.6 is 0 Å². The zero-order valence-electron chi connectivity index (χ0n) is 37.3. The molecule has 0 fully saturated rings. The van der Waals surface area contributed by atoms with Crippen molar-refractivity contribution in [1.82, 2.24) is 4.90 Å². The summed E-state index contributed by atoms with van der Waals surface area (Å²) in [5.74, 6) is -2.10. The van der Waals surface area contributed by atoms with E-state index in [4.69, 9.17) is 0 Å². The lowest BCUT2D eigenvalue weighted by Crippen LogP contribution is -2.57. The second-order valence-corrected chi connectivity index (χ2v) is 17.3. The lowest BCUT2D eigenvalue weighted by atomic mass is 9.84. The van der Waals surface area contributed by atoms with Crippen LogP contribution in [0.1, 0.15) is 284 Å². The number of rotatable bonds is 45. The SMILES string of the molecule is CCCCCCCCCCCCCCCCN(C(=O)CCCCCCCCCCC)[C@@](CCCCCCCCCCCCCCCC)(CCC(=O)O)C(=O)O. The molecule has 326 valence electrons. The molecule has 1 amide bonds. The van der Waals surface area contributed by atoms with Crippen molar-refractivity contribution in [3.8, 4) is 0 Å². The van der Waals surface area contributed by atoms with Crippen molar-refractivity contribution in [3.05, 3.63) is 0 Å². The predicted octanol–water partition coefficient (Wildman–Crippen LogP) is 15.8. The van der Waals surface area contributed by atoms with E-state index in [2.05, 4.69) is 20.8 Å². The van der Waals surface area contributed by atoms with E-state index in [1.807, 2.05) is 0 Å². The van der Waals surface area contributed by atoms with Gasteiger partial charge in [0, 0.05) is 19.4 Å². The molecule has 0 bridgehead atoms. The Kier molecular flexibility index (Phi) is 39.4. The minimum atomic E-state index is -1.44. The molecule has 55 heavy (non-hydrogen) atoms. The Morgan fingerprint density at radius 3 is 0.964 bits per heavy atom. The van der Waals surface area contributed by atoms with E-state index in [1.165, 1.54) is 173 Å². The Labute approximate surface area is 342 Å². The number of amides is 1. The fourth-order valence-corrected chi connectivity index (χ4v) is 8.41. The van der Waals surface area contributed by atoms with Crippen LogP contribution in [-0.2, 0) is 14.4 Å². The van der Waals surface area contributed by atoms with Crippen molar-refractivity contribution < 1.29 is 24.6 Å². The Morgan fingerprint density at radius 1 is 0.364 bits per heavy atom. The van der Waals surface area contributed by atoms with Gasteiger partial charge in [-0.2, -0.15) is 0 Å². The smallest absolute Gasteiger partial charge is 0.329 e. The Balaban J connectivity index is 5.09. The number of unbranched alkanes of at least 4 members (excludes halogenated alkanes) is 34. The topological polar surface area (TPSA) is 94.9 Å². The maximum absolute atomic E-state index is 14.0. The van der Waals surface area contributed by atoms with Crippen molar-refractivity contribution in [2.24, 2.45) is 0 Å². The van der Waals surface area contributed by atoms with E-state index in [1.54, 1.807) is 4.90 Å². The summed E-state index contributed by atoms with van der Waals surface area (Å²) in [6, 6.07) is 0. The van der Waals surface area contributed by atoms with Gasteiger partial charge in [-0.1, -0.05) is 245 Å². The van der Waals surface area contributed by atoms with Crippen LogP contribution in [0.25, 0.3) is 0 Å². The third kappa shape index (κ3) is 32.1. The predicted molar refractivity (Wildman–Crippen MR) is 236 cm³/mol. The van der Waals surface area contributed by atoms with Gasteiger partial charge in [-0.3, -0.25) is 9.59 Å². The molecule has 0 spiro atoms. The first-order valence-electron chi connectivity index (χ1n) is 24.6. The van der Waals surface area contributed by atoms with Crippen molar-refractivity contribution in [1.29, 1.82) is 0 Å². The van der Waals surface area contributed by atoms with E-state index < -0.39 is 17.5 Å². The highest BCUT2D eigenvalue weighted by Gasteiger charge is 2.45. The lowest BCUT2D eigenvalue weighted by molar-refractivity contribution is -0.162. The Bertz CT molecular complexity index is 862. The number of carbonyl (C=O) groups excluding carboxylic acids is 1. The number of carboxylic acids is 2. The largest absolute Gasteiger partial charge is 0.481 e. The van der Waals surface area contributed by atoms with E-state index in [0.717, 1.165) is 57.8 Å². The van der Waals surface area contributed by atoms with Crippen molar-refractivity contribution in [3.63, 3.8) is 0 Å². The van der Waals surface area contributed by atoms with Crippen LogP contribution in [0.15, 0.2) is 0 Å². The number of aliphatic carboxylic acids is 2. The highest BCUT2D eigenvalue weighted by Crippen LogP contribution is 2.32. The van der Waals surface area contributed by atoms with Crippen LogP contribution < -0.4 is 0 Å². The highest BCUT2D eigenvalue weighted by atomic mass is 16.4. The Hall–Kier alpha value is -1.59. The standard InChI is InChI=1S/C49H95NO5/c1-4-7-10-13-16-19-21-23-25-27-30-33-36-39-43-49(48(54)55,44-42-47(52)53)50(46(51)41-38-35-32-29-18-15-12-9-6-3)45-40-37-34-31-28-26-24-22-20-17-14-11-8-5-2/h4-45H2,1-3H3,(H,52,53)(H,54,55)/t49-/m0/s1. The Morgan fingerprint density at radius 2 is 0.655 bits per heavy atom. The van der Waals surface area contributed by atoms with E-state index in [0.29, 0.717) is 25.8 Å². The zero-order chi connectivity index (χ0) is 40.5. The molecular formula is C49H95NO5. The normalized spacial score (nSPS) is 12.6.